The molecule has 0 saturated carbocycles. The fourth-order valence-electron chi connectivity index (χ4n) is 4.41. The molecule has 0 fully saturated rings. The predicted octanol–water partition coefficient (Wildman–Crippen LogP) is 5.80. The van der Waals surface area contributed by atoms with Crippen molar-refractivity contribution in [2.75, 3.05) is 5.32 Å². The molecule has 2 atom stereocenters. The van der Waals surface area contributed by atoms with Crippen molar-refractivity contribution in [2.24, 2.45) is 0 Å². The minimum absolute atomic E-state index is 0.159. The summed E-state index contributed by atoms with van der Waals surface area (Å²) in [6.45, 7) is 2.09. The first-order valence-electron chi connectivity index (χ1n) is 10.2. The Kier molecular flexibility index (Phi) is 4.11. The SMILES string of the molecule is Cc1ccc([C@@H]2Oc3ccc(Cl)cc3C3=C2[C@H](c2ccccc2)n2ncnc2N3)cc1. The molecule has 0 spiro atoms. The summed E-state index contributed by atoms with van der Waals surface area (Å²) in [4.78, 5) is 4.46. The highest BCUT2D eigenvalue weighted by atomic mass is 35.5. The normalized spacial score (nSPS) is 19.0. The quantitative estimate of drug-likeness (QED) is 0.440. The van der Waals surface area contributed by atoms with Gasteiger partial charge < -0.3 is 10.1 Å². The largest absolute Gasteiger partial charge is 0.480 e. The average Bonchev–Trinajstić information content (AvgIpc) is 3.27. The highest BCUT2D eigenvalue weighted by molar-refractivity contribution is 6.30. The maximum absolute atomic E-state index is 6.61. The molecule has 0 radical (unpaired) electrons. The number of aromatic nitrogens is 3. The van der Waals surface area contributed by atoms with Gasteiger partial charge in [-0.25, -0.2) is 4.68 Å². The molecule has 3 heterocycles. The molecule has 6 rings (SSSR count). The number of anilines is 1. The number of nitrogens with one attached hydrogen (secondary N) is 1. The van der Waals surface area contributed by atoms with Crippen LogP contribution in [0.5, 0.6) is 5.75 Å². The Morgan fingerprint density at radius 2 is 1.77 bits per heavy atom. The number of ether oxygens (including phenoxy) is 1. The topological polar surface area (TPSA) is 52.0 Å². The third-order valence-electron chi connectivity index (χ3n) is 5.87. The van der Waals surface area contributed by atoms with Gasteiger partial charge in [0.15, 0.2) is 0 Å². The molecule has 0 aliphatic carbocycles. The number of nitrogens with zero attached hydrogens (tertiary/aromatic N) is 3. The Bertz CT molecular complexity index is 1310. The maximum atomic E-state index is 6.61. The van der Waals surface area contributed by atoms with Crippen molar-refractivity contribution in [3.05, 3.63) is 112 Å². The summed E-state index contributed by atoms with van der Waals surface area (Å²) in [6, 6.07) is 24.4. The standard InChI is InChI=1S/C25H19ClN4O/c1-15-7-9-17(10-8-15)24-21-22(19-13-18(26)11-12-20(19)31-24)29-25-27-14-28-30(25)23(21)16-5-3-2-4-6-16/h2-14,23-24H,1H3,(H,27,28,29)/t23-,24-/m0/s1. The zero-order valence-corrected chi connectivity index (χ0v) is 17.5. The highest BCUT2D eigenvalue weighted by Gasteiger charge is 2.40. The second-order valence-corrected chi connectivity index (χ2v) is 8.28. The van der Waals surface area contributed by atoms with Gasteiger partial charge in [0.25, 0.3) is 0 Å². The van der Waals surface area contributed by atoms with Crippen molar-refractivity contribution in [3.8, 4) is 5.75 Å². The van der Waals surface area contributed by atoms with E-state index in [0.29, 0.717) is 11.0 Å². The molecule has 0 bridgehead atoms. The molecule has 5 nitrogen and oxygen atoms in total. The number of hydrogen-bond acceptors (Lipinski definition) is 4. The lowest BCUT2D eigenvalue weighted by molar-refractivity contribution is 0.223. The first-order valence-corrected chi connectivity index (χ1v) is 10.6. The van der Waals surface area contributed by atoms with E-state index in [1.165, 1.54) is 5.56 Å². The Balaban J connectivity index is 1.64. The Morgan fingerprint density at radius 3 is 2.58 bits per heavy atom. The average molecular weight is 427 g/mol. The summed E-state index contributed by atoms with van der Waals surface area (Å²) in [5, 5.41) is 8.71. The van der Waals surface area contributed by atoms with E-state index in [-0.39, 0.29) is 12.1 Å². The second kappa shape index (κ2) is 7.00. The van der Waals surface area contributed by atoms with Crippen LogP contribution in [0.1, 0.15) is 34.4 Å². The van der Waals surface area contributed by atoms with Crippen molar-refractivity contribution < 1.29 is 4.74 Å². The zero-order chi connectivity index (χ0) is 20.9. The molecular weight excluding hydrogens is 408 g/mol. The molecule has 6 heteroatoms. The molecule has 2 aliphatic heterocycles. The summed E-state index contributed by atoms with van der Waals surface area (Å²) < 4.78 is 8.53. The third-order valence-corrected chi connectivity index (χ3v) is 6.11. The third kappa shape index (κ3) is 2.93. The van der Waals surface area contributed by atoms with Crippen LogP contribution in [-0.4, -0.2) is 14.8 Å². The zero-order valence-electron chi connectivity index (χ0n) is 16.8. The number of fused-ring (bicyclic) bond motifs is 3. The van der Waals surface area contributed by atoms with Gasteiger partial charge in [0.2, 0.25) is 5.95 Å². The molecule has 1 aromatic heterocycles. The number of benzene rings is 3. The monoisotopic (exact) mass is 426 g/mol. The van der Waals surface area contributed by atoms with Gasteiger partial charge in [-0.05, 0) is 36.2 Å². The summed E-state index contributed by atoms with van der Waals surface area (Å²) in [5.41, 5.74) is 6.41. The molecule has 2 aliphatic rings. The second-order valence-electron chi connectivity index (χ2n) is 7.85. The van der Waals surface area contributed by atoms with Crippen LogP contribution in [0, 0.1) is 6.92 Å². The van der Waals surface area contributed by atoms with Gasteiger partial charge in [-0.15, -0.1) is 0 Å². The lowest BCUT2D eigenvalue weighted by Gasteiger charge is -2.39. The molecule has 0 unspecified atom stereocenters. The van der Waals surface area contributed by atoms with Crippen molar-refractivity contribution in [3.63, 3.8) is 0 Å². The van der Waals surface area contributed by atoms with E-state index in [1.807, 2.05) is 41.1 Å². The Labute approximate surface area is 185 Å². The molecule has 0 amide bonds. The van der Waals surface area contributed by atoms with Crippen LogP contribution >= 0.6 is 11.6 Å². The van der Waals surface area contributed by atoms with Crippen LogP contribution in [0.15, 0.2) is 84.7 Å². The van der Waals surface area contributed by atoms with Gasteiger partial charge in [0.05, 0.1) is 5.70 Å². The van der Waals surface area contributed by atoms with Gasteiger partial charge in [0.1, 0.15) is 24.2 Å². The molecule has 0 saturated heterocycles. The number of rotatable bonds is 2. The van der Waals surface area contributed by atoms with Crippen LogP contribution in [-0.2, 0) is 0 Å². The predicted molar refractivity (Wildman–Crippen MR) is 121 cm³/mol. The number of hydrogen-bond donors (Lipinski definition) is 1. The first-order chi connectivity index (χ1) is 15.2. The van der Waals surface area contributed by atoms with Crippen LogP contribution in [0.4, 0.5) is 5.95 Å². The van der Waals surface area contributed by atoms with Crippen LogP contribution < -0.4 is 10.1 Å². The van der Waals surface area contributed by atoms with E-state index in [1.54, 1.807) is 6.33 Å². The van der Waals surface area contributed by atoms with E-state index >= 15 is 0 Å². The van der Waals surface area contributed by atoms with Gasteiger partial charge in [-0.2, -0.15) is 10.1 Å². The van der Waals surface area contributed by atoms with Gasteiger partial charge in [-0.3, -0.25) is 0 Å². The van der Waals surface area contributed by atoms with Crippen LogP contribution in [0.2, 0.25) is 5.02 Å². The Morgan fingerprint density at radius 1 is 0.968 bits per heavy atom. The van der Waals surface area contributed by atoms with Gasteiger partial charge in [-0.1, -0.05) is 71.8 Å². The summed E-state index contributed by atoms with van der Waals surface area (Å²) >= 11 is 6.37. The lowest BCUT2D eigenvalue weighted by Crippen LogP contribution is -2.32. The fourth-order valence-corrected chi connectivity index (χ4v) is 4.59. The van der Waals surface area contributed by atoms with Gasteiger partial charge >= 0.3 is 0 Å². The summed E-state index contributed by atoms with van der Waals surface area (Å²) in [5.74, 6) is 1.49. The summed E-state index contributed by atoms with van der Waals surface area (Å²) in [6.07, 6.45) is 1.30. The van der Waals surface area contributed by atoms with E-state index in [0.717, 1.165) is 33.7 Å². The van der Waals surface area contributed by atoms with E-state index < -0.39 is 0 Å². The van der Waals surface area contributed by atoms with Crippen LogP contribution in [0.3, 0.4) is 0 Å². The molecule has 1 N–H and O–H groups in total. The van der Waals surface area contributed by atoms with Crippen LogP contribution in [0.25, 0.3) is 5.70 Å². The highest BCUT2D eigenvalue weighted by Crippen LogP contribution is 2.50. The van der Waals surface area contributed by atoms with E-state index in [9.17, 15) is 0 Å². The molecular formula is C25H19ClN4O. The number of aryl methyl sites for hydroxylation is 1. The van der Waals surface area contributed by atoms with Crippen molar-refractivity contribution in [1.29, 1.82) is 0 Å². The maximum Gasteiger partial charge on any atom is 0.226 e. The minimum Gasteiger partial charge on any atom is -0.480 e. The van der Waals surface area contributed by atoms with E-state index in [2.05, 4.69) is 58.7 Å². The fraction of sp³-hybridized carbons (Fsp3) is 0.120. The minimum atomic E-state index is -0.278. The van der Waals surface area contributed by atoms with Crippen molar-refractivity contribution >= 4 is 23.2 Å². The van der Waals surface area contributed by atoms with Crippen molar-refractivity contribution in [2.45, 2.75) is 19.1 Å². The smallest absolute Gasteiger partial charge is 0.226 e. The summed E-state index contributed by atoms with van der Waals surface area (Å²) in [7, 11) is 0. The molecule has 152 valence electrons. The molecule has 31 heavy (non-hydrogen) atoms. The Hall–Kier alpha value is -3.57. The lowest BCUT2D eigenvalue weighted by atomic mass is 9.84. The van der Waals surface area contributed by atoms with Gasteiger partial charge in [0, 0.05) is 16.2 Å². The van der Waals surface area contributed by atoms with Crippen molar-refractivity contribution in [1.82, 2.24) is 14.8 Å². The van der Waals surface area contributed by atoms with E-state index in [4.69, 9.17) is 16.3 Å². The molecule has 3 aromatic carbocycles. The first kappa shape index (κ1) is 18.2. The number of halogens is 1. The molecule has 4 aromatic rings.